The zero-order valence-electron chi connectivity index (χ0n) is 11.7. The first-order valence-corrected chi connectivity index (χ1v) is 6.36. The third-order valence-corrected chi connectivity index (χ3v) is 3.41. The molecule has 1 fully saturated rings. The Morgan fingerprint density at radius 2 is 1.87 bits per heavy atom. The molecule has 2 atom stereocenters. The molecule has 0 aliphatic carbocycles. The fourth-order valence-corrected chi connectivity index (χ4v) is 2.45. The Bertz CT molecular complexity index is 689. The number of anilines is 1. The van der Waals surface area contributed by atoms with E-state index in [2.05, 4.69) is 4.98 Å². The van der Waals surface area contributed by atoms with Crippen LogP contribution in [-0.4, -0.2) is 39.1 Å². The summed E-state index contributed by atoms with van der Waals surface area (Å²) in [6.07, 6.45) is -5.33. The summed E-state index contributed by atoms with van der Waals surface area (Å²) in [4.78, 5) is 38.6. The minimum Gasteiger partial charge on any atom is -0.481 e. The monoisotopic (exact) mass is 332 g/mol. The highest BCUT2D eigenvalue weighted by Crippen LogP contribution is 2.35. The van der Waals surface area contributed by atoms with Crippen molar-refractivity contribution in [3.8, 4) is 0 Å². The molecule has 7 nitrogen and oxygen atoms in total. The molecule has 2 N–H and O–H groups in total. The summed E-state index contributed by atoms with van der Waals surface area (Å²) >= 11 is 0. The molecule has 1 aromatic heterocycles. The van der Waals surface area contributed by atoms with E-state index in [-0.39, 0.29) is 5.69 Å². The van der Waals surface area contributed by atoms with Crippen molar-refractivity contribution in [2.75, 3.05) is 4.90 Å². The van der Waals surface area contributed by atoms with Gasteiger partial charge in [0.15, 0.2) is 0 Å². The highest BCUT2D eigenvalue weighted by Gasteiger charge is 2.49. The lowest BCUT2D eigenvalue weighted by molar-refractivity contribution is -0.148. The Labute approximate surface area is 127 Å². The standard InChI is InChI=1S/C13H11F3N2O5/c1-5-2-6(13(14,15)16)3-8(17-5)18-9(19)4-7(11(20)21)10(18)12(22)23/h2-3,7,10H,4H2,1H3,(H,20,21)(H,22,23)/t7-,10-/m0/s1. The van der Waals surface area contributed by atoms with Crippen molar-refractivity contribution < 1.29 is 37.8 Å². The molecule has 0 bridgehead atoms. The van der Waals surface area contributed by atoms with Gasteiger partial charge < -0.3 is 10.2 Å². The van der Waals surface area contributed by atoms with Crippen molar-refractivity contribution >= 4 is 23.7 Å². The molecular weight excluding hydrogens is 321 g/mol. The number of nitrogens with zero attached hydrogens (tertiary/aromatic N) is 2. The molecule has 1 aromatic rings. The van der Waals surface area contributed by atoms with E-state index in [9.17, 15) is 32.7 Å². The number of hydrogen-bond donors (Lipinski definition) is 2. The van der Waals surface area contributed by atoms with Crippen LogP contribution in [-0.2, 0) is 20.6 Å². The van der Waals surface area contributed by atoms with E-state index in [1.807, 2.05) is 0 Å². The first-order valence-electron chi connectivity index (χ1n) is 6.36. The van der Waals surface area contributed by atoms with Crippen LogP contribution in [0.5, 0.6) is 0 Å². The molecule has 1 saturated heterocycles. The Morgan fingerprint density at radius 1 is 1.26 bits per heavy atom. The number of carboxylic acid groups (broad SMARTS) is 2. The van der Waals surface area contributed by atoms with E-state index < -0.39 is 53.8 Å². The van der Waals surface area contributed by atoms with Crippen LogP contribution in [0.25, 0.3) is 0 Å². The lowest BCUT2D eigenvalue weighted by Crippen LogP contribution is -2.44. The predicted molar refractivity (Wildman–Crippen MR) is 68.6 cm³/mol. The number of halogens is 3. The van der Waals surface area contributed by atoms with E-state index in [4.69, 9.17) is 5.11 Å². The van der Waals surface area contributed by atoms with Gasteiger partial charge in [0.25, 0.3) is 0 Å². The van der Waals surface area contributed by atoms with Gasteiger partial charge in [-0.25, -0.2) is 9.78 Å². The first-order chi connectivity index (χ1) is 10.5. The molecule has 0 spiro atoms. The number of amides is 1. The molecule has 124 valence electrons. The van der Waals surface area contributed by atoms with Crippen molar-refractivity contribution in [1.82, 2.24) is 4.98 Å². The number of aryl methyl sites for hydroxylation is 1. The Balaban J connectivity index is 2.55. The van der Waals surface area contributed by atoms with Gasteiger partial charge in [-0.05, 0) is 19.1 Å². The molecule has 0 unspecified atom stereocenters. The summed E-state index contributed by atoms with van der Waals surface area (Å²) in [6.45, 7) is 1.25. The molecule has 23 heavy (non-hydrogen) atoms. The minimum absolute atomic E-state index is 0.0782. The number of alkyl halides is 3. The second kappa shape index (κ2) is 5.52. The van der Waals surface area contributed by atoms with Gasteiger partial charge in [0.05, 0.1) is 11.5 Å². The van der Waals surface area contributed by atoms with E-state index in [0.29, 0.717) is 11.0 Å². The Kier molecular flexibility index (Phi) is 4.01. The van der Waals surface area contributed by atoms with Crippen LogP contribution < -0.4 is 4.90 Å². The molecule has 1 aliphatic rings. The maximum Gasteiger partial charge on any atom is 0.416 e. The number of carboxylic acids is 2. The van der Waals surface area contributed by atoms with Crippen LogP contribution in [0, 0.1) is 12.8 Å². The fraction of sp³-hybridized carbons (Fsp3) is 0.385. The summed E-state index contributed by atoms with van der Waals surface area (Å²) in [5, 5.41) is 18.2. The summed E-state index contributed by atoms with van der Waals surface area (Å²) in [7, 11) is 0. The third-order valence-electron chi connectivity index (χ3n) is 3.41. The van der Waals surface area contributed by atoms with Gasteiger partial charge in [-0.3, -0.25) is 14.5 Å². The van der Waals surface area contributed by atoms with Crippen LogP contribution in [0.1, 0.15) is 17.7 Å². The number of pyridine rings is 1. The van der Waals surface area contributed by atoms with Gasteiger partial charge in [-0.15, -0.1) is 0 Å². The van der Waals surface area contributed by atoms with Gasteiger partial charge in [-0.2, -0.15) is 13.2 Å². The van der Waals surface area contributed by atoms with Gasteiger partial charge in [-0.1, -0.05) is 0 Å². The minimum atomic E-state index is -4.71. The smallest absolute Gasteiger partial charge is 0.416 e. The highest BCUT2D eigenvalue weighted by atomic mass is 19.4. The topological polar surface area (TPSA) is 108 Å². The van der Waals surface area contributed by atoms with Crippen molar-refractivity contribution in [2.45, 2.75) is 25.6 Å². The lowest BCUT2D eigenvalue weighted by atomic mass is 10.0. The van der Waals surface area contributed by atoms with Crippen LogP contribution in [0.4, 0.5) is 19.0 Å². The van der Waals surface area contributed by atoms with Crippen molar-refractivity contribution in [2.24, 2.45) is 5.92 Å². The van der Waals surface area contributed by atoms with Crippen LogP contribution in [0.2, 0.25) is 0 Å². The molecule has 1 amide bonds. The molecule has 10 heteroatoms. The lowest BCUT2D eigenvalue weighted by Gasteiger charge is -2.23. The van der Waals surface area contributed by atoms with Crippen LogP contribution in [0.15, 0.2) is 12.1 Å². The van der Waals surface area contributed by atoms with Crippen LogP contribution in [0.3, 0.4) is 0 Å². The molecular formula is C13H11F3N2O5. The molecule has 0 radical (unpaired) electrons. The predicted octanol–water partition coefficient (Wildman–Crippen LogP) is 1.30. The summed E-state index contributed by atoms with van der Waals surface area (Å²) in [5.41, 5.74) is -1.18. The summed E-state index contributed by atoms with van der Waals surface area (Å²) < 4.78 is 38.6. The maximum atomic E-state index is 12.9. The maximum absolute atomic E-state index is 12.9. The van der Waals surface area contributed by atoms with E-state index >= 15 is 0 Å². The second-order valence-electron chi connectivity index (χ2n) is 5.05. The SMILES string of the molecule is Cc1cc(C(F)(F)F)cc(N2C(=O)C[C@H](C(=O)O)[C@H]2C(=O)O)n1. The molecule has 1 aliphatic heterocycles. The summed E-state index contributed by atoms with van der Waals surface area (Å²) in [6, 6.07) is -0.532. The molecule has 2 heterocycles. The largest absolute Gasteiger partial charge is 0.481 e. The molecule has 0 aromatic carbocycles. The van der Waals surface area contributed by atoms with Gasteiger partial charge >= 0.3 is 18.1 Å². The molecule has 0 saturated carbocycles. The number of carbonyl (C=O) groups is 3. The zero-order valence-corrected chi connectivity index (χ0v) is 11.7. The van der Waals surface area contributed by atoms with E-state index in [1.54, 1.807) is 0 Å². The van der Waals surface area contributed by atoms with E-state index in [1.165, 1.54) is 6.92 Å². The Hall–Kier alpha value is -2.65. The van der Waals surface area contributed by atoms with Gasteiger partial charge in [0, 0.05) is 12.1 Å². The second-order valence-corrected chi connectivity index (χ2v) is 5.05. The summed E-state index contributed by atoms with van der Waals surface area (Å²) in [5.74, 6) is -6.14. The average Bonchev–Trinajstić information content (AvgIpc) is 2.75. The first kappa shape index (κ1) is 16.7. The number of aliphatic carboxylic acids is 2. The Morgan fingerprint density at radius 3 is 2.35 bits per heavy atom. The average molecular weight is 332 g/mol. The zero-order chi connectivity index (χ0) is 17.5. The van der Waals surface area contributed by atoms with Crippen molar-refractivity contribution in [3.05, 3.63) is 23.4 Å². The number of hydrogen-bond acceptors (Lipinski definition) is 4. The normalized spacial score (nSPS) is 21.6. The van der Waals surface area contributed by atoms with Crippen molar-refractivity contribution in [1.29, 1.82) is 0 Å². The van der Waals surface area contributed by atoms with Gasteiger partial charge in [0.1, 0.15) is 11.9 Å². The van der Waals surface area contributed by atoms with Gasteiger partial charge in [0.2, 0.25) is 5.91 Å². The molecule has 2 rings (SSSR count). The fourth-order valence-electron chi connectivity index (χ4n) is 2.45. The quantitative estimate of drug-likeness (QED) is 0.864. The number of carbonyl (C=O) groups excluding carboxylic acids is 1. The van der Waals surface area contributed by atoms with E-state index in [0.717, 1.165) is 6.07 Å². The number of aromatic nitrogens is 1. The van der Waals surface area contributed by atoms with Crippen molar-refractivity contribution in [3.63, 3.8) is 0 Å². The van der Waals surface area contributed by atoms with Crippen LogP contribution >= 0.6 is 0 Å². The number of rotatable bonds is 3. The third kappa shape index (κ3) is 3.10. The highest BCUT2D eigenvalue weighted by molar-refractivity contribution is 6.06.